The van der Waals surface area contributed by atoms with Crippen LogP contribution in [0.4, 0.5) is 0 Å². The standard InChI is InChI=1S/C17H16N2O5/c1-10(12-8-11(20)6-7-13(12)21)18-19-17(22)16-9-23-14-4-2-3-5-15(14)24-16/h2-8,16,20-21H,9H2,1H3,(H,19,22)/b18-10+/t16-/m1/s1. The van der Waals surface area contributed by atoms with Gasteiger partial charge < -0.3 is 19.7 Å². The molecule has 1 heterocycles. The fourth-order valence-corrected chi connectivity index (χ4v) is 2.23. The molecule has 0 bridgehead atoms. The Labute approximate surface area is 138 Å². The van der Waals surface area contributed by atoms with Crippen molar-refractivity contribution in [3.05, 3.63) is 48.0 Å². The Balaban J connectivity index is 1.68. The fraction of sp³-hybridized carbons (Fsp3) is 0.176. The number of para-hydroxylation sites is 2. The largest absolute Gasteiger partial charge is 0.508 e. The second-order valence-corrected chi connectivity index (χ2v) is 5.24. The molecular formula is C17H16N2O5. The maximum absolute atomic E-state index is 12.2. The number of hydrogen-bond donors (Lipinski definition) is 3. The van der Waals surface area contributed by atoms with Crippen molar-refractivity contribution >= 4 is 11.6 Å². The van der Waals surface area contributed by atoms with Crippen LogP contribution >= 0.6 is 0 Å². The van der Waals surface area contributed by atoms with Crippen molar-refractivity contribution in [2.75, 3.05) is 6.61 Å². The molecule has 1 atom stereocenters. The van der Waals surface area contributed by atoms with Crippen LogP contribution < -0.4 is 14.9 Å². The number of rotatable bonds is 3. The molecular weight excluding hydrogens is 312 g/mol. The smallest absolute Gasteiger partial charge is 0.284 e. The number of phenols is 2. The second kappa shape index (κ2) is 6.49. The average molecular weight is 328 g/mol. The van der Waals surface area contributed by atoms with Gasteiger partial charge in [-0.2, -0.15) is 5.10 Å². The SMILES string of the molecule is C/C(=N\NC(=O)[C@H]1COc2ccccc2O1)c1cc(O)ccc1O. The Kier molecular flexibility index (Phi) is 4.24. The Morgan fingerprint density at radius 2 is 1.96 bits per heavy atom. The summed E-state index contributed by atoms with van der Waals surface area (Å²) in [5, 5.41) is 23.2. The van der Waals surface area contributed by atoms with Gasteiger partial charge in [0.15, 0.2) is 11.5 Å². The minimum Gasteiger partial charge on any atom is -0.508 e. The van der Waals surface area contributed by atoms with E-state index in [0.29, 0.717) is 22.8 Å². The number of aromatic hydroxyl groups is 2. The zero-order valence-electron chi connectivity index (χ0n) is 12.9. The van der Waals surface area contributed by atoms with E-state index in [9.17, 15) is 15.0 Å². The van der Waals surface area contributed by atoms with Crippen LogP contribution in [0.1, 0.15) is 12.5 Å². The zero-order valence-corrected chi connectivity index (χ0v) is 12.9. The minimum atomic E-state index is -0.825. The number of ether oxygens (including phenoxy) is 2. The number of nitrogens with one attached hydrogen (secondary N) is 1. The van der Waals surface area contributed by atoms with Crippen molar-refractivity contribution in [1.29, 1.82) is 0 Å². The molecule has 1 aliphatic rings. The van der Waals surface area contributed by atoms with Crippen LogP contribution in [0.15, 0.2) is 47.6 Å². The summed E-state index contributed by atoms with van der Waals surface area (Å²) < 4.78 is 11.1. The van der Waals surface area contributed by atoms with Crippen LogP contribution in [0.25, 0.3) is 0 Å². The molecule has 0 fully saturated rings. The number of carbonyl (C=O) groups is 1. The molecule has 0 spiro atoms. The third-order valence-corrected chi connectivity index (χ3v) is 3.50. The van der Waals surface area contributed by atoms with E-state index in [0.717, 1.165) is 0 Å². The van der Waals surface area contributed by atoms with E-state index >= 15 is 0 Å². The summed E-state index contributed by atoms with van der Waals surface area (Å²) in [6.07, 6.45) is -0.825. The Bertz CT molecular complexity index is 803. The maximum Gasteiger partial charge on any atom is 0.284 e. The highest BCUT2D eigenvalue weighted by Gasteiger charge is 2.27. The maximum atomic E-state index is 12.2. The molecule has 3 N–H and O–H groups in total. The predicted octanol–water partition coefficient (Wildman–Crippen LogP) is 1.78. The third kappa shape index (κ3) is 3.24. The van der Waals surface area contributed by atoms with Gasteiger partial charge in [0.1, 0.15) is 18.1 Å². The first kappa shape index (κ1) is 15.7. The molecule has 0 unspecified atom stereocenters. The molecule has 7 nitrogen and oxygen atoms in total. The summed E-state index contributed by atoms with van der Waals surface area (Å²) in [5.41, 5.74) is 3.04. The highest BCUT2D eigenvalue weighted by molar-refractivity contribution is 6.02. The van der Waals surface area contributed by atoms with Crippen molar-refractivity contribution < 1.29 is 24.5 Å². The summed E-state index contributed by atoms with van der Waals surface area (Å²) in [6, 6.07) is 11.1. The van der Waals surface area contributed by atoms with E-state index in [1.54, 1.807) is 25.1 Å². The predicted molar refractivity (Wildman–Crippen MR) is 86.5 cm³/mol. The fourth-order valence-electron chi connectivity index (χ4n) is 2.23. The molecule has 2 aromatic carbocycles. The number of hydrazone groups is 1. The monoisotopic (exact) mass is 328 g/mol. The minimum absolute atomic E-state index is 0.00991. The second-order valence-electron chi connectivity index (χ2n) is 5.24. The third-order valence-electron chi connectivity index (χ3n) is 3.50. The molecule has 1 aliphatic heterocycles. The summed E-state index contributed by atoms with van der Waals surface area (Å²) in [7, 11) is 0. The lowest BCUT2D eigenvalue weighted by Gasteiger charge is -2.24. The van der Waals surface area contributed by atoms with Gasteiger partial charge >= 0.3 is 0 Å². The van der Waals surface area contributed by atoms with E-state index in [2.05, 4.69) is 10.5 Å². The first-order chi connectivity index (χ1) is 11.5. The van der Waals surface area contributed by atoms with Gasteiger partial charge in [-0.05, 0) is 37.3 Å². The van der Waals surface area contributed by atoms with Crippen LogP contribution in [0.2, 0.25) is 0 Å². The normalized spacial score (nSPS) is 16.5. The quantitative estimate of drug-likeness (QED) is 0.453. The molecule has 0 radical (unpaired) electrons. The van der Waals surface area contributed by atoms with Gasteiger partial charge in [0.25, 0.3) is 5.91 Å². The van der Waals surface area contributed by atoms with Crippen molar-refractivity contribution in [1.82, 2.24) is 5.43 Å². The Hall–Kier alpha value is -3.22. The lowest BCUT2D eigenvalue weighted by Crippen LogP contribution is -2.42. The van der Waals surface area contributed by atoms with Crippen molar-refractivity contribution in [3.8, 4) is 23.0 Å². The Morgan fingerprint density at radius 1 is 1.21 bits per heavy atom. The topological polar surface area (TPSA) is 100 Å². The molecule has 0 saturated carbocycles. The number of nitrogens with zero attached hydrogens (tertiary/aromatic N) is 1. The van der Waals surface area contributed by atoms with E-state index in [-0.39, 0.29) is 18.1 Å². The zero-order chi connectivity index (χ0) is 17.1. The van der Waals surface area contributed by atoms with Gasteiger partial charge in [0, 0.05) is 5.56 Å². The van der Waals surface area contributed by atoms with Crippen LogP contribution in [0, 0.1) is 0 Å². The molecule has 0 aromatic heterocycles. The lowest BCUT2D eigenvalue weighted by atomic mass is 10.1. The molecule has 7 heteroatoms. The molecule has 124 valence electrons. The molecule has 1 amide bonds. The summed E-state index contributed by atoms with van der Waals surface area (Å²) in [6.45, 7) is 1.68. The molecule has 3 rings (SSSR count). The van der Waals surface area contributed by atoms with Crippen LogP contribution in [0.5, 0.6) is 23.0 Å². The van der Waals surface area contributed by atoms with Crippen molar-refractivity contribution in [2.24, 2.45) is 5.10 Å². The van der Waals surface area contributed by atoms with Gasteiger partial charge in [0.05, 0.1) is 5.71 Å². The number of carbonyl (C=O) groups excluding carboxylic acids is 1. The highest BCUT2D eigenvalue weighted by atomic mass is 16.6. The number of amides is 1. The van der Waals surface area contributed by atoms with Crippen molar-refractivity contribution in [2.45, 2.75) is 13.0 Å². The van der Waals surface area contributed by atoms with E-state index in [4.69, 9.17) is 9.47 Å². The van der Waals surface area contributed by atoms with E-state index in [1.165, 1.54) is 18.2 Å². The number of fused-ring (bicyclic) bond motifs is 1. The molecule has 24 heavy (non-hydrogen) atoms. The molecule has 2 aromatic rings. The lowest BCUT2D eigenvalue weighted by molar-refractivity contribution is -0.130. The molecule has 0 saturated heterocycles. The van der Waals surface area contributed by atoms with Crippen LogP contribution in [0.3, 0.4) is 0 Å². The van der Waals surface area contributed by atoms with Gasteiger partial charge in [-0.1, -0.05) is 12.1 Å². The van der Waals surface area contributed by atoms with Gasteiger partial charge in [-0.25, -0.2) is 5.43 Å². The van der Waals surface area contributed by atoms with Gasteiger partial charge in [-0.3, -0.25) is 4.79 Å². The first-order valence-corrected chi connectivity index (χ1v) is 7.29. The van der Waals surface area contributed by atoms with Gasteiger partial charge in [-0.15, -0.1) is 0 Å². The van der Waals surface area contributed by atoms with Gasteiger partial charge in [0.2, 0.25) is 6.10 Å². The van der Waals surface area contributed by atoms with Crippen LogP contribution in [-0.4, -0.2) is 34.5 Å². The highest BCUT2D eigenvalue weighted by Crippen LogP contribution is 2.30. The summed E-state index contributed by atoms with van der Waals surface area (Å²) in [4.78, 5) is 12.2. The van der Waals surface area contributed by atoms with Crippen LogP contribution in [-0.2, 0) is 4.79 Å². The Morgan fingerprint density at radius 3 is 2.75 bits per heavy atom. The summed E-state index contributed by atoms with van der Waals surface area (Å²) in [5.74, 6) is 0.559. The number of phenolic OH excluding ortho intramolecular Hbond substituents is 2. The average Bonchev–Trinajstić information content (AvgIpc) is 2.61. The first-order valence-electron chi connectivity index (χ1n) is 7.29. The number of hydrogen-bond acceptors (Lipinski definition) is 6. The molecule has 0 aliphatic carbocycles. The van der Waals surface area contributed by atoms with Crippen molar-refractivity contribution in [3.63, 3.8) is 0 Å². The van der Waals surface area contributed by atoms with E-state index in [1.807, 2.05) is 6.07 Å². The number of benzene rings is 2. The summed E-state index contributed by atoms with van der Waals surface area (Å²) >= 11 is 0. The van der Waals surface area contributed by atoms with E-state index < -0.39 is 12.0 Å².